The van der Waals surface area contributed by atoms with Gasteiger partial charge in [-0.25, -0.2) is 4.79 Å². The average molecular weight is 162 g/mol. The number of amides is 2. The predicted octanol–water partition coefficient (Wildman–Crippen LogP) is 0.923. The Hall–Kier alpha value is -0.380. The fraction of sp³-hybridized carbons (Fsp3) is 0.833. The molecule has 0 aromatic carbocycles. The molecule has 0 aliphatic heterocycles. The Morgan fingerprint density at radius 2 is 2.30 bits per heavy atom. The molecule has 0 aromatic rings. The summed E-state index contributed by atoms with van der Waals surface area (Å²) in [4.78, 5) is 12.5. The molecule has 0 spiro atoms. The Balaban J connectivity index is 3.62. The Bertz CT molecular complexity index is 116. The molecule has 60 valence electrons. The lowest BCUT2D eigenvalue weighted by atomic mass is 10.6. The smallest absolute Gasteiger partial charge is 0.317 e. The zero-order valence-corrected chi connectivity index (χ0v) is 7.48. The van der Waals surface area contributed by atoms with E-state index < -0.39 is 0 Å². The van der Waals surface area contributed by atoms with E-state index in [0.717, 1.165) is 0 Å². The van der Waals surface area contributed by atoms with Crippen LogP contribution in [0.4, 0.5) is 4.79 Å². The first-order chi connectivity index (χ1) is 4.57. The fourth-order valence-corrected chi connectivity index (χ4v) is 0.543. The molecule has 0 bridgehead atoms. The lowest BCUT2D eigenvalue weighted by molar-refractivity contribution is 0.211. The molecule has 0 rings (SSSR count). The van der Waals surface area contributed by atoms with Crippen LogP contribution in [-0.4, -0.2) is 29.9 Å². The molecule has 0 fully saturated rings. The highest BCUT2D eigenvalue weighted by molar-refractivity contribution is 7.80. The summed E-state index contributed by atoms with van der Waals surface area (Å²) in [5.74, 6) is 0. The SMILES string of the molecule is CCN(C)C(=O)NC(C)S. The van der Waals surface area contributed by atoms with Gasteiger partial charge in [-0.1, -0.05) is 0 Å². The molecule has 10 heavy (non-hydrogen) atoms. The van der Waals surface area contributed by atoms with Gasteiger partial charge in [0.2, 0.25) is 0 Å². The van der Waals surface area contributed by atoms with Crippen molar-refractivity contribution in [3.05, 3.63) is 0 Å². The Kier molecular flexibility index (Phi) is 4.27. The van der Waals surface area contributed by atoms with Crippen molar-refractivity contribution in [2.75, 3.05) is 13.6 Å². The Labute approximate surface area is 67.2 Å². The van der Waals surface area contributed by atoms with Crippen LogP contribution < -0.4 is 5.32 Å². The van der Waals surface area contributed by atoms with Crippen molar-refractivity contribution in [1.82, 2.24) is 10.2 Å². The molecule has 0 radical (unpaired) electrons. The van der Waals surface area contributed by atoms with Crippen molar-refractivity contribution in [1.29, 1.82) is 0 Å². The zero-order chi connectivity index (χ0) is 8.15. The largest absolute Gasteiger partial charge is 0.328 e. The van der Waals surface area contributed by atoms with Crippen molar-refractivity contribution in [3.63, 3.8) is 0 Å². The summed E-state index contributed by atoms with van der Waals surface area (Å²) in [6.07, 6.45) is 0. The Morgan fingerprint density at radius 1 is 1.80 bits per heavy atom. The first-order valence-electron chi connectivity index (χ1n) is 3.27. The van der Waals surface area contributed by atoms with Gasteiger partial charge in [-0.05, 0) is 13.8 Å². The van der Waals surface area contributed by atoms with Gasteiger partial charge in [0.25, 0.3) is 0 Å². The first-order valence-corrected chi connectivity index (χ1v) is 3.79. The standard InChI is InChI=1S/C6H14N2OS/c1-4-8(3)6(9)7-5(2)10/h5,10H,4H2,1-3H3,(H,7,9). The lowest BCUT2D eigenvalue weighted by Crippen LogP contribution is -2.39. The van der Waals surface area contributed by atoms with Gasteiger partial charge in [0, 0.05) is 13.6 Å². The quantitative estimate of drug-likeness (QED) is 0.459. The highest BCUT2D eigenvalue weighted by atomic mass is 32.1. The molecule has 1 N–H and O–H groups in total. The van der Waals surface area contributed by atoms with E-state index >= 15 is 0 Å². The maximum absolute atomic E-state index is 11.0. The number of hydrogen-bond donors (Lipinski definition) is 2. The average Bonchev–Trinajstić information content (AvgIpc) is 1.85. The van der Waals surface area contributed by atoms with Crippen LogP contribution in [0, 0.1) is 0 Å². The number of nitrogens with one attached hydrogen (secondary N) is 1. The number of carbonyl (C=O) groups is 1. The summed E-state index contributed by atoms with van der Waals surface area (Å²) >= 11 is 4.01. The van der Waals surface area contributed by atoms with Crippen LogP contribution in [0.2, 0.25) is 0 Å². The molecule has 2 amide bonds. The van der Waals surface area contributed by atoms with E-state index in [-0.39, 0.29) is 11.4 Å². The van der Waals surface area contributed by atoms with Gasteiger partial charge in [-0.3, -0.25) is 0 Å². The van der Waals surface area contributed by atoms with E-state index in [1.807, 2.05) is 13.8 Å². The molecule has 1 atom stereocenters. The van der Waals surface area contributed by atoms with Gasteiger partial charge >= 0.3 is 6.03 Å². The molecule has 0 saturated heterocycles. The summed E-state index contributed by atoms with van der Waals surface area (Å²) in [7, 11) is 1.74. The molecule has 1 unspecified atom stereocenters. The summed E-state index contributed by atoms with van der Waals surface area (Å²) in [5, 5.41) is 2.56. The molecule has 0 aliphatic carbocycles. The van der Waals surface area contributed by atoms with Crippen molar-refractivity contribution < 1.29 is 4.79 Å². The second kappa shape index (κ2) is 4.44. The minimum Gasteiger partial charge on any atom is -0.328 e. The van der Waals surface area contributed by atoms with Gasteiger partial charge in [-0.15, -0.1) is 0 Å². The van der Waals surface area contributed by atoms with Gasteiger partial charge < -0.3 is 10.2 Å². The minimum absolute atomic E-state index is 0.0787. The molecule has 0 heterocycles. The molecular weight excluding hydrogens is 148 g/mol. The van der Waals surface area contributed by atoms with Crippen molar-refractivity contribution in [2.45, 2.75) is 19.2 Å². The first kappa shape index (κ1) is 9.62. The summed E-state index contributed by atoms with van der Waals surface area (Å²) in [5.41, 5.74) is 0. The number of urea groups is 1. The van der Waals surface area contributed by atoms with Gasteiger partial charge in [-0.2, -0.15) is 12.6 Å². The van der Waals surface area contributed by atoms with Crippen molar-refractivity contribution in [2.24, 2.45) is 0 Å². The number of carbonyl (C=O) groups excluding carboxylic acids is 1. The van der Waals surface area contributed by atoms with Crippen LogP contribution in [-0.2, 0) is 0 Å². The number of rotatable bonds is 2. The summed E-state index contributed by atoms with van der Waals surface area (Å²) < 4.78 is 0. The number of thiol groups is 1. The number of nitrogens with zero attached hydrogens (tertiary/aromatic N) is 1. The maximum Gasteiger partial charge on any atom is 0.317 e. The second-order valence-electron chi connectivity index (χ2n) is 2.14. The maximum atomic E-state index is 11.0. The Morgan fingerprint density at radius 3 is 2.60 bits per heavy atom. The molecule has 0 aliphatic rings. The van der Waals surface area contributed by atoms with Crippen LogP contribution in [0.15, 0.2) is 0 Å². The van der Waals surface area contributed by atoms with Gasteiger partial charge in [0.05, 0.1) is 5.37 Å². The normalized spacial score (nSPS) is 12.4. The third kappa shape index (κ3) is 3.61. The van der Waals surface area contributed by atoms with E-state index in [1.165, 1.54) is 0 Å². The zero-order valence-electron chi connectivity index (χ0n) is 6.59. The van der Waals surface area contributed by atoms with E-state index in [1.54, 1.807) is 11.9 Å². The van der Waals surface area contributed by atoms with Crippen LogP contribution in [0.1, 0.15) is 13.8 Å². The predicted molar refractivity (Wildman–Crippen MR) is 45.3 cm³/mol. The molecule has 3 nitrogen and oxygen atoms in total. The fourth-order valence-electron chi connectivity index (χ4n) is 0.432. The van der Waals surface area contributed by atoms with E-state index in [0.29, 0.717) is 6.54 Å². The highest BCUT2D eigenvalue weighted by Crippen LogP contribution is 1.89. The van der Waals surface area contributed by atoms with Crippen molar-refractivity contribution in [3.8, 4) is 0 Å². The van der Waals surface area contributed by atoms with E-state index in [9.17, 15) is 4.79 Å². The van der Waals surface area contributed by atoms with Gasteiger partial charge in [0.1, 0.15) is 0 Å². The van der Waals surface area contributed by atoms with E-state index in [4.69, 9.17) is 0 Å². The summed E-state index contributed by atoms with van der Waals surface area (Å²) in [6.45, 7) is 4.44. The van der Waals surface area contributed by atoms with Crippen LogP contribution >= 0.6 is 12.6 Å². The van der Waals surface area contributed by atoms with Crippen LogP contribution in [0.25, 0.3) is 0 Å². The lowest BCUT2D eigenvalue weighted by Gasteiger charge is -2.16. The third-order valence-corrected chi connectivity index (χ3v) is 1.28. The topological polar surface area (TPSA) is 32.3 Å². The monoisotopic (exact) mass is 162 g/mol. The molecule has 4 heteroatoms. The van der Waals surface area contributed by atoms with Crippen molar-refractivity contribution >= 4 is 18.7 Å². The van der Waals surface area contributed by atoms with Crippen LogP contribution in [0.3, 0.4) is 0 Å². The third-order valence-electron chi connectivity index (χ3n) is 1.15. The molecular formula is C6H14N2OS. The highest BCUT2D eigenvalue weighted by Gasteiger charge is 2.05. The number of hydrogen-bond acceptors (Lipinski definition) is 2. The molecule has 0 saturated carbocycles. The minimum atomic E-state index is -0.0819. The van der Waals surface area contributed by atoms with E-state index in [2.05, 4.69) is 17.9 Å². The summed E-state index contributed by atoms with van der Waals surface area (Å²) in [6, 6.07) is -0.0787. The molecule has 0 aromatic heterocycles. The second-order valence-corrected chi connectivity index (χ2v) is 2.91. The van der Waals surface area contributed by atoms with Crippen LogP contribution in [0.5, 0.6) is 0 Å². The van der Waals surface area contributed by atoms with Gasteiger partial charge in [0.15, 0.2) is 0 Å².